The fourth-order valence-electron chi connectivity index (χ4n) is 3.99. The Morgan fingerprint density at radius 2 is 1.78 bits per heavy atom. The number of sulfonamides is 1. The smallest absolute Gasteiger partial charge is 0.263 e. The third-order valence-corrected chi connectivity index (χ3v) is 7.59. The number of aryl methyl sites for hydroxylation is 3. The maximum atomic E-state index is 12.9. The second-order valence-electron chi connectivity index (χ2n) is 8.20. The lowest BCUT2D eigenvalue weighted by Crippen LogP contribution is -2.27. The average molecular weight is 469 g/mol. The first kappa shape index (κ1) is 22.4. The number of anilines is 1. The molecule has 1 atom stereocenters. The Bertz CT molecular complexity index is 1290. The highest BCUT2D eigenvalue weighted by Crippen LogP contribution is 2.27. The van der Waals surface area contributed by atoms with Crippen LogP contribution in [0.15, 0.2) is 65.6 Å². The molecule has 2 N–H and O–H groups in total. The molecule has 1 aliphatic carbocycles. The van der Waals surface area contributed by atoms with Crippen LogP contribution in [0, 0.1) is 6.92 Å². The van der Waals surface area contributed by atoms with E-state index in [4.69, 9.17) is 11.6 Å². The summed E-state index contributed by atoms with van der Waals surface area (Å²) in [6.07, 6.45) is 3.34. The van der Waals surface area contributed by atoms with Crippen LogP contribution in [0.3, 0.4) is 0 Å². The molecule has 0 aliphatic heterocycles. The predicted molar refractivity (Wildman–Crippen MR) is 128 cm³/mol. The second kappa shape index (κ2) is 8.96. The van der Waals surface area contributed by atoms with E-state index in [0.29, 0.717) is 5.69 Å². The predicted octanol–water partition coefficient (Wildman–Crippen LogP) is 5.43. The van der Waals surface area contributed by atoms with E-state index >= 15 is 0 Å². The summed E-state index contributed by atoms with van der Waals surface area (Å²) in [4.78, 5) is 12.7. The van der Waals surface area contributed by atoms with E-state index in [9.17, 15) is 13.2 Å². The zero-order valence-corrected chi connectivity index (χ0v) is 19.6. The maximum absolute atomic E-state index is 12.9. The van der Waals surface area contributed by atoms with Gasteiger partial charge in [-0.25, -0.2) is 8.42 Å². The van der Waals surface area contributed by atoms with Crippen LogP contribution in [-0.4, -0.2) is 14.3 Å². The Hall–Kier alpha value is -2.83. The molecule has 0 heterocycles. The van der Waals surface area contributed by atoms with Gasteiger partial charge in [0.05, 0.1) is 11.1 Å². The lowest BCUT2D eigenvalue weighted by molar-refractivity contribution is 0.0939. The van der Waals surface area contributed by atoms with Gasteiger partial charge in [-0.05, 0) is 85.7 Å². The molecule has 1 unspecified atom stereocenters. The highest BCUT2D eigenvalue weighted by atomic mass is 35.5. The SMILES string of the molecule is Cc1cccc(NS(=O)(=O)c2cc(C(=O)NC(C)c3ccc4c(c3)CCC4)ccc2Cl)c1. The molecule has 0 spiro atoms. The fourth-order valence-corrected chi connectivity index (χ4v) is 5.57. The van der Waals surface area contributed by atoms with Crippen LogP contribution in [0.2, 0.25) is 5.02 Å². The molecule has 3 aromatic carbocycles. The van der Waals surface area contributed by atoms with Crippen molar-refractivity contribution in [3.05, 3.63) is 93.5 Å². The highest BCUT2D eigenvalue weighted by Gasteiger charge is 2.22. The number of amides is 1. The van der Waals surface area contributed by atoms with E-state index in [1.807, 2.05) is 26.0 Å². The molecule has 7 heteroatoms. The van der Waals surface area contributed by atoms with E-state index < -0.39 is 10.0 Å². The van der Waals surface area contributed by atoms with Crippen molar-refractivity contribution in [1.82, 2.24) is 5.32 Å². The molecule has 4 rings (SSSR count). The van der Waals surface area contributed by atoms with Crippen LogP contribution in [0.1, 0.15) is 52.0 Å². The van der Waals surface area contributed by atoms with E-state index in [0.717, 1.165) is 30.4 Å². The number of hydrogen-bond donors (Lipinski definition) is 2. The Labute approximate surface area is 193 Å². The molecule has 0 saturated carbocycles. The van der Waals surface area contributed by atoms with Crippen LogP contribution in [-0.2, 0) is 22.9 Å². The first-order valence-corrected chi connectivity index (χ1v) is 12.4. The number of carbonyl (C=O) groups is 1. The van der Waals surface area contributed by atoms with Crippen molar-refractivity contribution in [1.29, 1.82) is 0 Å². The van der Waals surface area contributed by atoms with Gasteiger partial charge in [-0.15, -0.1) is 0 Å². The second-order valence-corrected chi connectivity index (χ2v) is 10.3. The minimum absolute atomic E-state index is 0.0494. The summed E-state index contributed by atoms with van der Waals surface area (Å²) in [5.41, 5.74) is 5.33. The van der Waals surface area contributed by atoms with Gasteiger partial charge in [-0.1, -0.05) is 41.9 Å². The lowest BCUT2D eigenvalue weighted by Gasteiger charge is -2.16. The zero-order valence-electron chi connectivity index (χ0n) is 18.0. The minimum Gasteiger partial charge on any atom is -0.346 e. The molecule has 0 bridgehead atoms. The van der Waals surface area contributed by atoms with Gasteiger partial charge in [0, 0.05) is 11.3 Å². The first-order valence-electron chi connectivity index (χ1n) is 10.5. The van der Waals surface area contributed by atoms with Crippen LogP contribution in [0.25, 0.3) is 0 Å². The van der Waals surface area contributed by atoms with Crippen molar-refractivity contribution in [3.63, 3.8) is 0 Å². The minimum atomic E-state index is -3.97. The molecule has 0 saturated heterocycles. The zero-order chi connectivity index (χ0) is 22.9. The van der Waals surface area contributed by atoms with Crippen LogP contribution in [0.4, 0.5) is 5.69 Å². The summed E-state index contributed by atoms with van der Waals surface area (Å²) in [7, 11) is -3.97. The maximum Gasteiger partial charge on any atom is 0.263 e. The van der Waals surface area contributed by atoms with Gasteiger partial charge in [0.1, 0.15) is 4.90 Å². The van der Waals surface area contributed by atoms with Crippen molar-refractivity contribution in [3.8, 4) is 0 Å². The third kappa shape index (κ3) is 4.81. The Kier molecular flexibility index (Phi) is 6.26. The van der Waals surface area contributed by atoms with Gasteiger partial charge in [0.15, 0.2) is 0 Å². The number of carbonyl (C=O) groups excluding carboxylic acids is 1. The van der Waals surface area contributed by atoms with E-state index in [1.165, 1.54) is 29.3 Å². The van der Waals surface area contributed by atoms with Gasteiger partial charge in [0.25, 0.3) is 15.9 Å². The van der Waals surface area contributed by atoms with Crippen molar-refractivity contribution >= 4 is 33.2 Å². The monoisotopic (exact) mass is 468 g/mol. The molecular formula is C25H25ClN2O3S. The van der Waals surface area contributed by atoms with Crippen molar-refractivity contribution in [2.45, 2.75) is 44.0 Å². The molecule has 0 fully saturated rings. The molecule has 0 radical (unpaired) electrons. The largest absolute Gasteiger partial charge is 0.346 e. The topological polar surface area (TPSA) is 75.3 Å². The van der Waals surface area contributed by atoms with E-state index in [-0.39, 0.29) is 27.4 Å². The van der Waals surface area contributed by atoms with E-state index in [1.54, 1.807) is 18.2 Å². The lowest BCUT2D eigenvalue weighted by atomic mass is 10.0. The Morgan fingerprint density at radius 3 is 2.56 bits per heavy atom. The summed E-state index contributed by atoms with van der Waals surface area (Å²) in [5.74, 6) is -0.360. The number of nitrogens with one attached hydrogen (secondary N) is 2. The van der Waals surface area contributed by atoms with Gasteiger partial charge in [-0.2, -0.15) is 0 Å². The number of benzene rings is 3. The van der Waals surface area contributed by atoms with Crippen molar-refractivity contribution in [2.24, 2.45) is 0 Å². The van der Waals surface area contributed by atoms with Crippen LogP contribution >= 0.6 is 11.6 Å². The van der Waals surface area contributed by atoms with Crippen molar-refractivity contribution < 1.29 is 13.2 Å². The molecule has 1 aliphatic rings. The summed E-state index contributed by atoms with van der Waals surface area (Å²) in [5, 5.41) is 3.01. The van der Waals surface area contributed by atoms with E-state index in [2.05, 4.69) is 22.2 Å². The molecule has 3 aromatic rings. The van der Waals surface area contributed by atoms with Gasteiger partial charge in [-0.3, -0.25) is 9.52 Å². The first-order chi connectivity index (χ1) is 15.2. The van der Waals surface area contributed by atoms with Crippen LogP contribution < -0.4 is 10.0 Å². The Morgan fingerprint density at radius 1 is 1.00 bits per heavy atom. The molecule has 166 valence electrons. The fraction of sp³-hybridized carbons (Fsp3) is 0.240. The Balaban J connectivity index is 1.54. The molecular weight excluding hydrogens is 444 g/mol. The summed E-state index contributed by atoms with van der Waals surface area (Å²) >= 11 is 6.19. The summed E-state index contributed by atoms with van der Waals surface area (Å²) in [6.45, 7) is 3.79. The average Bonchev–Trinajstić information content (AvgIpc) is 3.21. The number of hydrogen-bond acceptors (Lipinski definition) is 3. The van der Waals surface area contributed by atoms with Crippen LogP contribution in [0.5, 0.6) is 0 Å². The van der Waals surface area contributed by atoms with Gasteiger partial charge < -0.3 is 5.32 Å². The number of halogens is 1. The van der Waals surface area contributed by atoms with Gasteiger partial charge >= 0.3 is 0 Å². The quantitative estimate of drug-likeness (QED) is 0.506. The molecule has 1 amide bonds. The summed E-state index contributed by atoms with van der Waals surface area (Å²) in [6, 6.07) is 17.4. The van der Waals surface area contributed by atoms with Crippen molar-refractivity contribution in [2.75, 3.05) is 4.72 Å². The van der Waals surface area contributed by atoms with Gasteiger partial charge in [0.2, 0.25) is 0 Å². The summed E-state index contributed by atoms with van der Waals surface area (Å²) < 4.78 is 28.4. The normalized spacial score (nSPS) is 14.0. The molecule has 0 aromatic heterocycles. The third-order valence-electron chi connectivity index (χ3n) is 5.72. The molecule has 5 nitrogen and oxygen atoms in total. The number of fused-ring (bicyclic) bond motifs is 1. The highest BCUT2D eigenvalue weighted by molar-refractivity contribution is 7.92. The standard InChI is InChI=1S/C25H25ClN2O3S/c1-16-5-3-8-22(13-16)28-32(30,31)24-15-21(11-12-23(24)26)25(29)27-17(2)19-10-9-18-6-4-7-20(18)14-19/h3,5,8-15,17,28H,4,6-7H2,1-2H3,(H,27,29). The molecule has 32 heavy (non-hydrogen) atoms. The number of rotatable bonds is 6.